The van der Waals surface area contributed by atoms with Crippen LogP contribution in [0.25, 0.3) is 5.57 Å². The summed E-state index contributed by atoms with van der Waals surface area (Å²) in [7, 11) is 0. The first-order valence-corrected chi connectivity index (χ1v) is 9.75. The number of benzene rings is 3. The third-order valence-electron chi connectivity index (χ3n) is 5.18. The molecule has 0 radical (unpaired) electrons. The summed E-state index contributed by atoms with van der Waals surface area (Å²) in [5, 5.41) is 3.08. The molecule has 0 bridgehead atoms. The van der Waals surface area contributed by atoms with Crippen LogP contribution in [0.4, 0.5) is 20.2 Å². The smallest absolute Gasteiger partial charge is 0.282 e. The molecule has 0 spiro atoms. The summed E-state index contributed by atoms with van der Waals surface area (Å²) in [6, 6.07) is 15.9. The number of rotatable bonds is 4. The zero-order chi connectivity index (χ0) is 22.3. The Balaban J connectivity index is 1.87. The van der Waals surface area contributed by atoms with Crippen molar-refractivity contribution in [2.75, 3.05) is 10.2 Å². The quantitative estimate of drug-likeness (QED) is 0.586. The molecular formula is C25H20F2N2O2. The van der Waals surface area contributed by atoms with Crippen molar-refractivity contribution in [1.29, 1.82) is 0 Å². The molecule has 2 amide bonds. The first kappa shape index (κ1) is 20.5. The van der Waals surface area contributed by atoms with Gasteiger partial charge in [-0.25, -0.2) is 13.7 Å². The highest BCUT2D eigenvalue weighted by Gasteiger charge is 2.41. The van der Waals surface area contributed by atoms with Gasteiger partial charge in [-0.2, -0.15) is 0 Å². The van der Waals surface area contributed by atoms with E-state index in [1.54, 1.807) is 12.1 Å². The van der Waals surface area contributed by atoms with Crippen molar-refractivity contribution < 1.29 is 18.4 Å². The van der Waals surface area contributed by atoms with Gasteiger partial charge in [-0.15, -0.1) is 0 Å². The summed E-state index contributed by atoms with van der Waals surface area (Å²) in [5.74, 6) is -3.42. The van der Waals surface area contributed by atoms with E-state index in [-0.39, 0.29) is 17.0 Å². The van der Waals surface area contributed by atoms with Crippen LogP contribution in [0.15, 0.2) is 66.4 Å². The van der Waals surface area contributed by atoms with Crippen LogP contribution in [0.3, 0.4) is 0 Å². The van der Waals surface area contributed by atoms with E-state index in [0.29, 0.717) is 11.3 Å². The second kappa shape index (κ2) is 7.80. The fourth-order valence-electron chi connectivity index (χ4n) is 3.72. The van der Waals surface area contributed by atoms with Crippen molar-refractivity contribution in [1.82, 2.24) is 0 Å². The first-order chi connectivity index (χ1) is 14.8. The summed E-state index contributed by atoms with van der Waals surface area (Å²) in [6.45, 7) is 5.71. The molecule has 0 atom stereocenters. The molecule has 0 aliphatic carbocycles. The minimum absolute atomic E-state index is 0.0304. The molecule has 1 heterocycles. The lowest BCUT2D eigenvalue weighted by Crippen LogP contribution is -2.32. The molecule has 1 N–H and O–H groups in total. The lowest BCUT2D eigenvalue weighted by atomic mass is 9.97. The van der Waals surface area contributed by atoms with E-state index < -0.39 is 23.4 Å². The lowest BCUT2D eigenvalue weighted by Gasteiger charge is -2.16. The van der Waals surface area contributed by atoms with Gasteiger partial charge in [0.05, 0.1) is 11.3 Å². The van der Waals surface area contributed by atoms with E-state index in [4.69, 9.17) is 0 Å². The van der Waals surface area contributed by atoms with Gasteiger partial charge in [-0.3, -0.25) is 9.59 Å². The van der Waals surface area contributed by atoms with Gasteiger partial charge in [0.25, 0.3) is 11.8 Å². The molecule has 0 saturated carbocycles. The molecule has 1 aliphatic heterocycles. The third-order valence-corrected chi connectivity index (χ3v) is 5.18. The number of carbonyl (C=O) groups excluding carboxylic acids is 2. The number of aryl methyl sites for hydroxylation is 3. The number of amides is 2. The molecule has 31 heavy (non-hydrogen) atoms. The Labute approximate surface area is 178 Å². The van der Waals surface area contributed by atoms with Crippen LogP contribution in [0.2, 0.25) is 0 Å². The number of halogens is 2. The van der Waals surface area contributed by atoms with Gasteiger partial charge in [-0.1, -0.05) is 35.9 Å². The standard InChI is InChI=1S/C25H20F2N2O2/c1-14-5-4-6-17(12-14)28-23-22(19-9-7-15(2)11-16(19)3)24(30)29(25(23)31)18-8-10-20(26)21(27)13-18/h4-13,28H,1-3H3. The predicted molar refractivity (Wildman–Crippen MR) is 116 cm³/mol. The lowest BCUT2D eigenvalue weighted by molar-refractivity contribution is -0.120. The van der Waals surface area contributed by atoms with E-state index in [9.17, 15) is 18.4 Å². The molecule has 156 valence electrons. The van der Waals surface area contributed by atoms with E-state index in [1.165, 1.54) is 6.07 Å². The van der Waals surface area contributed by atoms with Crippen molar-refractivity contribution in [3.8, 4) is 0 Å². The Morgan fingerprint density at radius 2 is 1.52 bits per heavy atom. The van der Waals surface area contributed by atoms with Gasteiger partial charge in [0.2, 0.25) is 0 Å². The molecule has 0 fully saturated rings. The van der Waals surface area contributed by atoms with Crippen molar-refractivity contribution in [3.63, 3.8) is 0 Å². The maximum atomic E-state index is 13.9. The van der Waals surface area contributed by atoms with Crippen molar-refractivity contribution in [3.05, 3.63) is 100 Å². The predicted octanol–water partition coefficient (Wildman–Crippen LogP) is 5.29. The van der Waals surface area contributed by atoms with Crippen LogP contribution in [0, 0.1) is 32.4 Å². The molecule has 3 aromatic rings. The van der Waals surface area contributed by atoms with Crippen LogP contribution in [-0.2, 0) is 9.59 Å². The van der Waals surface area contributed by atoms with Crippen molar-refractivity contribution in [2.45, 2.75) is 20.8 Å². The molecule has 3 aromatic carbocycles. The summed E-state index contributed by atoms with van der Waals surface area (Å²) >= 11 is 0. The number of hydrogen-bond donors (Lipinski definition) is 1. The fraction of sp³-hybridized carbons (Fsp3) is 0.120. The zero-order valence-electron chi connectivity index (χ0n) is 17.3. The second-order valence-corrected chi connectivity index (χ2v) is 7.61. The van der Waals surface area contributed by atoms with E-state index in [1.807, 2.05) is 51.1 Å². The highest BCUT2D eigenvalue weighted by molar-refractivity contribution is 6.46. The highest BCUT2D eigenvalue weighted by atomic mass is 19.2. The summed E-state index contributed by atoms with van der Waals surface area (Å²) in [4.78, 5) is 27.6. The Kier molecular flexibility index (Phi) is 5.15. The molecule has 4 nitrogen and oxygen atoms in total. The van der Waals surface area contributed by atoms with Gasteiger partial charge in [-0.05, 0) is 61.7 Å². The van der Waals surface area contributed by atoms with Crippen LogP contribution < -0.4 is 10.2 Å². The van der Waals surface area contributed by atoms with E-state index in [0.717, 1.165) is 33.7 Å². The average molecular weight is 418 g/mol. The van der Waals surface area contributed by atoms with Gasteiger partial charge in [0.1, 0.15) is 5.70 Å². The van der Waals surface area contributed by atoms with Gasteiger partial charge < -0.3 is 5.32 Å². The maximum Gasteiger partial charge on any atom is 0.282 e. The maximum absolute atomic E-state index is 13.9. The Hall–Kier alpha value is -3.80. The third kappa shape index (κ3) is 3.72. The first-order valence-electron chi connectivity index (χ1n) is 9.75. The monoisotopic (exact) mass is 418 g/mol. The second-order valence-electron chi connectivity index (χ2n) is 7.61. The topological polar surface area (TPSA) is 49.4 Å². The van der Waals surface area contributed by atoms with Crippen LogP contribution in [0.1, 0.15) is 22.3 Å². The van der Waals surface area contributed by atoms with Crippen LogP contribution >= 0.6 is 0 Å². The molecule has 0 unspecified atom stereocenters. The number of hydrogen-bond acceptors (Lipinski definition) is 3. The summed E-state index contributed by atoms with van der Waals surface area (Å²) < 4.78 is 27.3. The minimum atomic E-state index is -1.13. The van der Waals surface area contributed by atoms with Crippen molar-refractivity contribution >= 4 is 28.8 Å². The Morgan fingerprint density at radius 1 is 0.774 bits per heavy atom. The Morgan fingerprint density at radius 3 is 2.19 bits per heavy atom. The summed E-state index contributed by atoms with van der Waals surface area (Å²) in [6.07, 6.45) is 0. The molecule has 0 aromatic heterocycles. The van der Waals surface area contributed by atoms with Crippen molar-refractivity contribution in [2.24, 2.45) is 0 Å². The van der Waals surface area contributed by atoms with Gasteiger partial charge in [0, 0.05) is 11.8 Å². The number of nitrogens with zero attached hydrogens (tertiary/aromatic N) is 1. The van der Waals surface area contributed by atoms with Crippen LogP contribution in [-0.4, -0.2) is 11.8 Å². The zero-order valence-corrected chi connectivity index (χ0v) is 17.3. The number of nitrogens with one attached hydrogen (secondary N) is 1. The SMILES string of the molecule is Cc1cccc(NC2=C(c3ccc(C)cc3C)C(=O)N(c3ccc(F)c(F)c3)C2=O)c1. The summed E-state index contributed by atoms with van der Waals surface area (Å²) in [5.41, 5.74) is 4.32. The van der Waals surface area contributed by atoms with E-state index in [2.05, 4.69) is 5.32 Å². The minimum Gasteiger partial charge on any atom is -0.350 e. The molecule has 6 heteroatoms. The molecule has 0 saturated heterocycles. The Bertz CT molecular complexity index is 1260. The molecule has 4 rings (SSSR count). The fourth-order valence-corrected chi connectivity index (χ4v) is 3.72. The van der Waals surface area contributed by atoms with Crippen LogP contribution in [0.5, 0.6) is 0 Å². The number of imide groups is 1. The normalized spacial score (nSPS) is 13.9. The molecular weight excluding hydrogens is 398 g/mol. The molecule has 1 aliphatic rings. The number of carbonyl (C=O) groups is 2. The average Bonchev–Trinajstić information content (AvgIpc) is 2.94. The number of anilines is 2. The van der Waals surface area contributed by atoms with Gasteiger partial charge >= 0.3 is 0 Å². The van der Waals surface area contributed by atoms with Gasteiger partial charge in [0.15, 0.2) is 11.6 Å². The largest absolute Gasteiger partial charge is 0.350 e. The van der Waals surface area contributed by atoms with E-state index >= 15 is 0 Å². The highest BCUT2D eigenvalue weighted by Crippen LogP contribution is 2.35.